The fourth-order valence-corrected chi connectivity index (χ4v) is 2.92. The standard InChI is InChI=1S/C12H18S2.C5H10O.C3H7NO/c1-3-13-9-11-7-5-6-8-12(11)10-14-4-2;1-3-5(6)4-2;1-3(5)4-2/h5-8H,3-4,9-10H2,1-2H3;3-4H2,1-2H3;1-2H3,(H,4,5). The topological polar surface area (TPSA) is 46.2 Å². The Morgan fingerprint density at radius 3 is 1.44 bits per heavy atom. The fourth-order valence-electron chi connectivity index (χ4n) is 1.51. The fraction of sp³-hybridized carbons (Fsp3) is 0.600. The molecule has 0 atom stereocenters. The number of benzene rings is 1. The van der Waals surface area contributed by atoms with E-state index in [0.29, 0.717) is 18.6 Å². The molecule has 0 saturated heterocycles. The molecule has 0 unspecified atom stereocenters. The average molecular weight is 386 g/mol. The molecule has 144 valence electrons. The second kappa shape index (κ2) is 19.4. The van der Waals surface area contributed by atoms with Gasteiger partial charge in [0.1, 0.15) is 5.78 Å². The number of hydrogen-bond acceptors (Lipinski definition) is 4. The van der Waals surface area contributed by atoms with E-state index in [-0.39, 0.29) is 5.91 Å². The second-order valence-corrected chi connectivity index (χ2v) is 7.64. The highest BCUT2D eigenvalue weighted by atomic mass is 32.2. The zero-order valence-electron chi connectivity index (χ0n) is 16.7. The van der Waals surface area contributed by atoms with E-state index in [1.165, 1.54) is 29.6 Å². The highest BCUT2D eigenvalue weighted by molar-refractivity contribution is 7.98. The van der Waals surface area contributed by atoms with Crippen molar-refractivity contribution in [3.8, 4) is 0 Å². The van der Waals surface area contributed by atoms with Gasteiger partial charge in [0.25, 0.3) is 0 Å². The predicted molar refractivity (Wildman–Crippen MR) is 115 cm³/mol. The van der Waals surface area contributed by atoms with Crippen molar-refractivity contribution in [2.45, 2.75) is 59.0 Å². The van der Waals surface area contributed by atoms with E-state index in [2.05, 4.69) is 43.4 Å². The summed E-state index contributed by atoms with van der Waals surface area (Å²) in [7, 11) is 1.60. The van der Waals surface area contributed by atoms with Crippen molar-refractivity contribution < 1.29 is 9.59 Å². The van der Waals surface area contributed by atoms with Gasteiger partial charge in [0.2, 0.25) is 5.91 Å². The molecule has 0 aliphatic carbocycles. The maximum Gasteiger partial charge on any atom is 0.216 e. The Morgan fingerprint density at radius 1 is 0.880 bits per heavy atom. The largest absolute Gasteiger partial charge is 0.359 e. The lowest BCUT2D eigenvalue weighted by Crippen LogP contribution is -2.11. The van der Waals surface area contributed by atoms with Gasteiger partial charge < -0.3 is 5.32 Å². The monoisotopic (exact) mass is 385 g/mol. The Kier molecular flexibility index (Phi) is 20.4. The van der Waals surface area contributed by atoms with E-state index >= 15 is 0 Å². The van der Waals surface area contributed by atoms with Crippen molar-refractivity contribution >= 4 is 35.2 Å². The highest BCUT2D eigenvalue weighted by Crippen LogP contribution is 2.20. The third kappa shape index (κ3) is 17.7. The van der Waals surface area contributed by atoms with Crippen LogP contribution in [0.1, 0.15) is 58.6 Å². The molecule has 1 amide bonds. The van der Waals surface area contributed by atoms with Crippen molar-refractivity contribution in [3.63, 3.8) is 0 Å². The third-order valence-corrected chi connectivity index (χ3v) is 5.03. The molecule has 0 aliphatic rings. The van der Waals surface area contributed by atoms with Gasteiger partial charge in [0.05, 0.1) is 0 Å². The summed E-state index contributed by atoms with van der Waals surface area (Å²) in [5.74, 6) is 5.08. The lowest BCUT2D eigenvalue weighted by atomic mass is 10.1. The van der Waals surface area contributed by atoms with Gasteiger partial charge in [-0.05, 0) is 22.6 Å². The highest BCUT2D eigenvalue weighted by Gasteiger charge is 2.00. The summed E-state index contributed by atoms with van der Waals surface area (Å²) in [5.41, 5.74) is 3.03. The lowest BCUT2D eigenvalue weighted by molar-refractivity contribution is -0.119. The average Bonchev–Trinajstić information content (AvgIpc) is 2.65. The smallest absolute Gasteiger partial charge is 0.216 e. The quantitative estimate of drug-likeness (QED) is 0.658. The molecule has 0 heterocycles. The minimum absolute atomic E-state index is 0.00463. The number of ketones is 1. The minimum Gasteiger partial charge on any atom is -0.359 e. The molecule has 0 fully saturated rings. The first-order valence-electron chi connectivity index (χ1n) is 8.88. The molecule has 1 aromatic rings. The molecular weight excluding hydrogens is 350 g/mol. The van der Waals surface area contributed by atoms with Crippen LogP contribution in [0.15, 0.2) is 24.3 Å². The summed E-state index contributed by atoms with van der Waals surface area (Å²) in [5, 5.41) is 2.39. The van der Waals surface area contributed by atoms with Crippen molar-refractivity contribution in [3.05, 3.63) is 35.4 Å². The third-order valence-electron chi connectivity index (χ3n) is 3.18. The van der Waals surface area contributed by atoms with Crippen LogP contribution < -0.4 is 5.32 Å². The molecular formula is C20H35NO2S2. The van der Waals surface area contributed by atoms with Crippen LogP contribution in [-0.2, 0) is 21.1 Å². The maximum atomic E-state index is 10.2. The number of hydrogen-bond donors (Lipinski definition) is 1. The Hall–Kier alpha value is -0.940. The molecule has 3 nitrogen and oxygen atoms in total. The van der Waals surface area contributed by atoms with Gasteiger partial charge in [0, 0.05) is 38.3 Å². The van der Waals surface area contributed by atoms with Crippen LogP contribution in [0.3, 0.4) is 0 Å². The molecule has 1 aromatic carbocycles. The van der Waals surface area contributed by atoms with Gasteiger partial charge in [-0.1, -0.05) is 52.0 Å². The van der Waals surface area contributed by atoms with E-state index in [0.717, 1.165) is 11.5 Å². The summed E-state index contributed by atoms with van der Waals surface area (Å²) >= 11 is 4.00. The zero-order chi connectivity index (χ0) is 19.5. The van der Waals surface area contributed by atoms with Crippen LogP contribution in [0.2, 0.25) is 0 Å². The van der Waals surface area contributed by atoms with Crippen LogP contribution in [0.4, 0.5) is 0 Å². The van der Waals surface area contributed by atoms with Crippen LogP contribution in [0.5, 0.6) is 0 Å². The van der Waals surface area contributed by atoms with Crippen LogP contribution in [-0.4, -0.2) is 30.2 Å². The predicted octanol–water partition coefficient (Wildman–Crippen LogP) is 5.32. The number of Topliss-reactive ketones (excluding diaryl/α,β-unsaturated/α-hetero) is 1. The van der Waals surface area contributed by atoms with E-state index in [9.17, 15) is 9.59 Å². The lowest BCUT2D eigenvalue weighted by Gasteiger charge is -2.07. The van der Waals surface area contributed by atoms with Crippen LogP contribution in [0, 0.1) is 0 Å². The van der Waals surface area contributed by atoms with Gasteiger partial charge >= 0.3 is 0 Å². The summed E-state index contributed by atoms with van der Waals surface area (Å²) in [6.07, 6.45) is 1.38. The molecule has 0 bridgehead atoms. The summed E-state index contributed by atoms with van der Waals surface area (Å²) in [6.45, 7) is 9.67. The molecule has 1 N–H and O–H groups in total. The first-order valence-corrected chi connectivity index (χ1v) is 11.2. The van der Waals surface area contributed by atoms with Crippen LogP contribution >= 0.6 is 23.5 Å². The first-order chi connectivity index (χ1) is 12.0. The van der Waals surface area contributed by atoms with E-state index in [1.807, 2.05) is 37.4 Å². The molecule has 0 aliphatic heterocycles. The first kappa shape index (κ1) is 26.3. The Labute approximate surface area is 163 Å². The molecule has 0 aromatic heterocycles. The van der Waals surface area contributed by atoms with E-state index in [1.54, 1.807) is 7.05 Å². The van der Waals surface area contributed by atoms with Gasteiger partial charge in [-0.15, -0.1) is 0 Å². The second-order valence-electron chi connectivity index (χ2n) is 5.09. The normalized spacial score (nSPS) is 9.20. The number of rotatable bonds is 8. The van der Waals surface area contributed by atoms with Gasteiger partial charge in [-0.2, -0.15) is 23.5 Å². The van der Waals surface area contributed by atoms with Crippen molar-refractivity contribution in [2.75, 3.05) is 18.6 Å². The van der Waals surface area contributed by atoms with Gasteiger partial charge in [-0.3, -0.25) is 9.59 Å². The summed E-state index contributed by atoms with van der Waals surface area (Å²) in [4.78, 5) is 19.9. The molecule has 5 heteroatoms. The van der Waals surface area contributed by atoms with E-state index in [4.69, 9.17) is 0 Å². The van der Waals surface area contributed by atoms with Crippen molar-refractivity contribution in [1.82, 2.24) is 5.32 Å². The van der Waals surface area contributed by atoms with Crippen LogP contribution in [0.25, 0.3) is 0 Å². The summed E-state index contributed by atoms with van der Waals surface area (Å²) < 4.78 is 0. The molecule has 0 spiro atoms. The molecule has 0 saturated carbocycles. The zero-order valence-corrected chi connectivity index (χ0v) is 18.3. The molecule has 1 rings (SSSR count). The van der Waals surface area contributed by atoms with Crippen molar-refractivity contribution in [2.24, 2.45) is 0 Å². The number of nitrogens with one attached hydrogen (secondary N) is 1. The Balaban J connectivity index is 0. The Bertz CT molecular complexity index is 432. The number of carbonyl (C=O) groups is 2. The Morgan fingerprint density at radius 2 is 1.24 bits per heavy atom. The number of amides is 1. The van der Waals surface area contributed by atoms with E-state index < -0.39 is 0 Å². The molecule has 25 heavy (non-hydrogen) atoms. The SMILES string of the molecule is CCC(=O)CC.CCSCc1ccccc1CSCC.CNC(C)=O. The molecule has 0 radical (unpaired) electrons. The number of thioether (sulfide) groups is 2. The van der Waals surface area contributed by atoms with Gasteiger partial charge in [0.15, 0.2) is 0 Å². The minimum atomic E-state index is 0.00463. The maximum absolute atomic E-state index is 10.2. The van der Waals surface area contributed by atoms with Gasteiger partial charge in [-0.25, -0.2) is 0 Å². The van der Waals surface area contributed by atoms with Crippen molar-refractivity contribution in [1.29, 1.82) is 0 Å². The number of carbonyl (C=O) groups excluding carboxylic acids is 2. The summed E-state index contributed by atoms with van der Waals surface area (Å²) in [6, 6.07) is 8.81.